The van der Waals surface area contributed by atoms with Gasteiger partial charge in [-0.3, -0.25) is 0 Å². The minimum atomic E-state index is 0.647. The molecule has 0 aliphatic rings. The average molecular weight is 364 g/mol. The molecule has 0 unspecified atom stereocenters. The second-order valence-electron chi connectivity index (χ2n) is 6.17. The van der Waals surface area contributed by atoms with E-state index >= 15 is 0 Å². The topological polar surface area (TPSA) is 46.8 Å². The molecule has 0 atom stereocenters. The number of imidazole rings is 1. The molecule has 5 nitrogen and oxygen atoms in total. The maximum atomic E-state index is 6.08. The summed E-state index contributed by atoms with van der Waals surface area (Å²) >= 11 is 6.08. The molecule has 0 saturated heterocycles. The summed E-state index contributed by atoms with van der Waals surface area (Å²) in [6.07, 6.45) is 5.42. The quantitative estimate of drug-likeness (QED) is 0.534. The van der Waals surface area contributed by atoms with Crippen LogP contribution in [0.5, 0.6) is 0 Å². The van der Waals surface area contributed by atoms with Crippen molar-refractivity contribution in [2.45, 2.75) is 13.1 Å². The molecule has 2 aromatic carbocycles. The van der Waals surface area contributed by atoms with Gasteiger partial charge in [-0.1, -0.05) is 41.9 Å². The van der Waals surface area contributed by atoms with Gasteiger partial charge in [-0.05, 0) is 23.8 Å². The summed E-state index contributed by atoms with van der Waals surface area (Å²) in [7, 11) is 2.01. The van der Waals surface area contributed by atoms with E-state index in [4.69, 9.17) is 11.6 Å². The SMILES string of the molecule is CN(Cc1nccn1Cc1ccccc1)c1ncnc2cc(Cl)ccc12. The molecule has 26 heavy (non-hydrogen) atoms. The van der Waals surface area contributed by atoms with Gasteiger partial charge in [0.05, 0.1) is 12.1 Å². The Morgan fingerprint density at radius 3 is 2.73 bits per heavy atom. The van der Waals surface area contributed by atoms with Crippen molar-refractivity contribution >= 4 is 28.3 Å². The van der Waals surface area contributed by atoms with Crippen molar-refractivity contribution in [1.29, 1.82) is 0 Å². The fraction of sp³-hybridized carbons (Fsp3) is 0.150. The lowest BCUT2D eigenvalue weighted by atomic mass is 10.2. The predicted octanol–water partition coefficient (Wildman–Crippen LogP) is 4.16. The van der Waals surface area contributed by atoms with Crippen LogP contribution in [-0.2, 0) is 13.1 Å². The van der Waals surface area contributed by atoms with Gasteiger partial charge in [0.15, 0.2) is 0 Å². The van der Waals surface area contributed by atoms with Crippen LogP contribution in [-0.4, -0.2) is 26.6 Å². The Hall–Kier alpha value is -2.92. The van der Waals surface area contributed by atoms with E-state index in [0.717, 1.165) is 29.1 Å². The van der Waals surface area contributed by atoms with Crippen molar-refractivity contribution in [1.82, 2.24) is 19.5 Å². The van der Waals surface area contributed by atoms with E-state index in [-0.39, 0.29) is 0 Å². The van der Waals surface area contributed by atoms with Crippen molar-refractivity contribution in [3.63, 3.8) is 0 Å². The van der Waals surface area contributed by atoms with Gasteiger partial charge in [-0.15, -0.1) is 0 Å². The van der Waals surface area contributed by atoms with Crippen molar-refractivity contribution in [2.75, 3.05) is 11.9 Å². The fourth-order valence-corrected chi connectivity index (χ4v) is 3.19. The summed E-state index contributed by atoms with van der Waals surface area (Å²) < 4.78 is 2.16. The van der Waals surface area contributed by atoms with Crippen molar-refractivity contribution in [2.24, 2.45) is 0 Å². The lowest BCUT2D eigenvalue weighted by Gasteiger charge is -2.20. The average Bonchev–Trinajstić information content (AvgIpc) is 3.08. The minimum Gasteiger partial charge on any atom is -0.352 e. The first-order chi connectivity index (χ1) is 12.7. The predicted molar refractivity (Wildman–Crippen MR) is 104 cm³/mol. The first kappa shape index (κ1) is 16.5. The Bertz CT molecular complexity index is 1030. The highest BCUT2D eigenvalue weighted by Gasteiger charge is 2.12. The van der Waals surface area contributed by atoms with Crippen LogP contribution < -0.4 is 4.90 Å². The zero-order valence-electron chi connectivity index (χ0n) is 14.4. The molecule has 4 aromatic rings. The van der Waals surface area contributed by atoms with Crippen LogP contribution in [0.15, 0.2) is 67.3 Å². The number of aromatic nitrogens is 4. The normalized spacial score (nSPS) is 11.0. The zero-order valence-corrected chi connectivity index (χ0v) is 15.1. The number of hydrogen-bond donors (Lipinski definition) is 0. The lowest BCUT2D eigenvalue weighted by molar-refractivity contribution is 0.705. The third-order valence-electron chi connectivity index (χ3n) is 4.32. The number of benzene rings is 2. The fourth-order valence-electron chi connectivity index (χ4n) is 3.02. The molecule has 130 valence electrons. The number of rotatable bonds is 5. The highest BCUT2D eigenvalue weighted by Crippen LogP contribution is 2.25. The summed E-state index contributed by atoms with van der Waals surface area (Å²) in [5, 5.41) is 1.64. The monoisotopic (exact) mass is 363 g/mol. The number of fused-ring (bicyclic) bond motifs is 1. The molecule has 0 fully saturated rings. The zero-order chi connectivity index (χ0) is 17.9. The summed E-state index contributed by atoms with van der Waals surface area (Å²) in [5.41, 5.74) is 2.08. The van der Waals surface area contributed by atoms with Crippen LogP contribution in [0.25, 0.3) is 10.9 Å². The summed E-state index contributed by atoms with van der Waals surface area (Å²) in [4.78, 5) is 15.4. The highest BCUT2D eigenvalue weighted by molar-refractivity contribution is 6.31. The summed E-state index contributed by atoms with van der Waals surface area (Å²) in [5.74, 6) is 1.85. The van der Waals surface area contributed by atoms with E-state index in [1.54, 1.807) is 6.33 Å². The van der Waals surface area contributed by atoms with Crippen molar-refractivity contribution in [3.05, 3.63) is 83.7 Å². The summed E-state index contributed by atoms with van der Waals surface area (Å²) in [6, 6.07) is 16.0. The van der Waals surface area contributed by atoms with Gasteiger partial charge in [0.25, 0.3) is 0 Å². The lowest BCUT2D eigenvalue weighted by Crippen LogP contribution is -2.21. The van der Waals surface area contributed by atoms with E-state index in [9.17, 15) is 0 Å². The van der Waals surface area contributed by atoms with Crippen molar-refractivity contribution in [3.8, 4) is 0 Å². The largest absolute Gasteiger partial charge is 0.352 e. The van der Waals surface area contributed by atoms with Gasteiger partial charge in [0.2, 0.25) is 0 Å². The Labute approximate surface area is 156 Å². The minimum absolute atomic E-state index is 0.647. The first-order valence-electron chi connectivity index (χ1n) is 8.36. The molecule has 4 rings (SSSR count). The van der Waals surface area contributed by atoms with Crippen LogP contribution in [0.3, 0.4) is 0 Å². The highest BCUT2D eigenvalue weighted by atomic mass is 35.5. The van der Waals surface area contributed by atoms with Gasteiger partial charge in [0.1, 0.15) is 18.0 Å². The Kier molecular flexibility index (Phi) is 4.54. The molecule has 0 aliphatic heterocycles. The van der Waals surface area contributed by atoms with Gasteiger partial charge < -0.3 is 9.47 Å². The second kappa shape index (κ2) is 7.14. The van der Waals surface area contributed by atoms with E-state index in [1.165, 1.54) is 5.56 Å². The van der Waals surface area contributed by atoms with Crippen LogP contribution in [0, 0.1) is 0 Å². The Morgan fingerprint density at radius 1 is 1.04 bits per heavy atom. The molecule has 0 bridgehead atoms. The number of hydrogen-bond acceptors (Lipinski definition) is 4. The molecule has 0 radical (unpaired) electrons. The maximum Gasteiger partial charge on any atom is 0.140 e. The standard InChI is InChI=1S/C20H18ClN5/c1-25(20-17-8-7-16(21)11-18(17)23-14-24-20)13-19-22-9-10-26(19)12-15-5-3-2-4-6-15/h2-11,14H,12-13H2,1H3. The Balaban J connectivity index is 1.60. The smallest absolute Gasteiger partial charge is 0.140 e. The molecule has 0 spiro atoms. The van der Waals surface area contributed by atoms with E-state index < -0.39 is 0 Å². The third kappa shape index (κ3) is 3.39. The number of halogens is 1. The van der Waals surface area contributed by atoms with E-state index in [0.29, 0.717) is 11.6 Å². The maximum absolute atomic E-state index is 6.08. The second-order valence-corrected chi connectivity index (χ2v) is 6.61. The molecule has 2 heterocycles. The van der Waals surface area contributed by atoms with Crippen LogP contribution in [0.4, 0.5) is 5.82 Å². The molecule has 0 aliphatic carbocycles. The van der Waals surface area contributed by atoms with Crippen molar-refractivity contribution < 1.29 is 0 Å². The number of nitrogens with zero attached hydrogens (tertiary/aromatic N) is 5. The molecular weight excluding hydrogens is 346 g/mol. The molecule has 2 aromatic heterocycles. The van der Waals surface area contributed by atoms with Crippen LogP contribution >= 0.6 is 11.6 Å². The first-order valence-corrected chi connectivity index (χ1v) is 8.74. The molecule has 0 saturated carbocycles. The number of anilines is 1. The third-order valence-corrected chi connectivity index (χ3v) is 4.55. The van der Waals surface area contributed by atoms with Gasteiger partial charge in [-0.25, -0.2) is 15.0 Å². The van der Waals surface area contributed by atoms with E-state index in [2.05, 4.69) is 48.7 Å². The van der Waals surface area contributed by atoms with Crippen LogP contribution in [0.2, 0.25) is 5.02 Å². The van der Waals surface area contributed by atoms with Gasteiger partial charge in [-0.2, -0.15) is 0 Å². The molecule has 0 N–H and O–H groups in total. The molecule has 0 amide bonds. The molecule has 6 heteroatoms. The van der Waals surface area contributed by atoms with Gasteiger partial charge >= 0.3 is 0 Å². The Morgan fingerprint density at radius 2 is 1.88 bits per heavy atom. The van der Waals surface area contributed by atoms with E-state index in [1.807, 2.05) is 43.7 Å². The van der Waals surface area contributed by atoms with Gasteiger partial charge in [0, 0.05) is 36.4 Å². The van der Waals surface area contributed by atoms with Crippen LogP contribution in [0.1, 0.15) is 11.4 Å². The molecular formula is C20H18ClN5. The summed E-state index contributed by atoms with van der Waals surface area (Å²) in [6.45, 7) is 1.44.